The van der Waals surface area contributed by atoms with Crippen molar-refractivity contribution in [3.8, 4) is 5.75 Å². The van der Waals surface area contributed by atoms with Gasteiger partial charge in [-0.25, -0.2) is 9.36 Å². The van der Waals surface area contributed by atoms with Gasteiger partial charge in [-0.3, -0.25) is 9.36 Å². The van der Waals surface area contributed by atoms with Gasteiger partial charge in [0, 0.05) is 26.0 Å². The van der Waals surface area contributed by atoms with Gasteiger partial charge in [0.05, 0.1) is 25.3 Å². The predicted molar refractivity (Wildman–Crippen MR) is 179 cm³/mol. The maximum absolute atomic E-state index is 12.6. The SMILES string of the molecule is CCCCCCCCOCCCCCCCNC(=O)[C@@H](N)Cc1ccc(OP(=O)(O)CO[C@H](CO)Cn2ccc(N)nc2=O)cc1. The number of aromatic nitrogens is 2. The van der Waals surface area contributed by atoms with Crippen LogP contribution in [0.2, 0.25) is 0 Å². The van der Waals surface area contributed by atoms with Gasteiger partial charge in [0.1, 0.15) is 11.6 Å². The number of aliphatic hydroxyl groups excluding tert-OH is 1. The molecule has 14 heteroatoms. The molecule has 7 N–H and O–H groups in total. The van der Waals surface area contributed by atoms with Gasteiger partial charge < -0.3 is 40.8 Å². The Balaban J connectivity index is 1.58. The summed E-state index contributed by atoms with van der Waals surface area (Å²) in [5.41, 5.74) is 11.7. The van der Waals surface area contributed by atoms with E-state index < -0.39 is 38.4 Å². The van der Waals surface area contributed by atoms with E-state index in [1.807, 2.05) is 0 Å². The van der Waals surface area contributed by atoms with Crippen molar-refractivity contribution in [1.82, 2.24) is 14.9 Å². The number of aliphatic hydroxyl groups is 1. The number of nitrogen functional groups attached to an aromatic ring is 1. The van der Waals surface area contributed by atoms with Crippen molar-refractivity contribution >= 4 is 19.3 Å². The fourth-order valence-electron chi connectivity index (χ4n) is 4.68. The third-order valence-electron chi connectivity index (χ3n) is 7.34. The average molecular weight is 668 g/mol. The number of hydrogen-bond acceptors (Lipinski definition) is 10. The number of unbranched alkanes of at least 4 members (excludes halogenated alkanes) is 9. The number of nitrogens with two attached hydrogens (primary N) is 2. The summed E-state index contributed by atoms with van der Waals surface area (Å²) in [6, 6.07) is 7.02. The lowest BCUT2D eigenvalue weighted by Gasteiger charge is -2.19. The van der Waals surface area contributed by atoms with Crippen LogP contribution >= 0.6 is 7.60 Å². The number of rotatable bonds is 26. The summed E-state index contributed by atoms with van der Waals surface area (Å²) in [6.45, 7) is 3.88. The van der Waals surface area contributed by atoms with Crippen LogP contribution in [0.5, 0.6) is 5.75 Å². The third kappa shape index (κ3) is 17.2. The highest BCUT2D eigenvalue weighted by molar-refractivity contribution is 7.53. The van der Waals surface area contributed by atoms with Crippen LogP contribution in [0, 0.1) is 0 Å². The molecule has 1 unspecified atom stereocenters. The van der Waals surface area contributed by atoms with E-state index >= 15 is 0 Å². The second-order valence-corrected chi connectivity index (χ2v) is 13.2. The zero-order valence-electron chi connectivity index (χ0n) is 27.2. The normalized spacial score (nSPS) is 14.0. The van der Waals surface area contributed by atoms with Gasteiger partial charge in [-0.2, -0.15) is 4.98 Å². The van der Waals surface area contributed by atoms with Crippen molar-refractivity contribution < 1.29 is 33.4 Å². The van der Waals surface area contributed by atoms with E-state index in [1.165, 1.54) is 61.1 Å². The minimum absolute atomic E-state index is 0.0550. The summed E-state index contributed by atoms with van der Waals surface area (Å²) in [7, 11) is -4.25. The molecule has 0 aliphatic heterocycles. The van der Waals surface area contributed by atoms with E-state index in [2.05, 4.69) is 17.2 Å². The van der Waals surface area contributed by atoms with Gasteiger partial charge in [0.2, 0.25) is 5.91 Å². The number of nitrogens with one attached hydrogen (secondary N) is 1. The van der Waals surface area contributed by atoms with E-state index in [0.29, 0.717) is 13.0 Å². The van der Waals surface area contributed by atoms with Crippen molar-refractivity contribution in [3.05, 3.63) is 52.6 Å². The van der Waals surface area contributed by atoms with Crippen molar-refractivity contribution in [2.75, 3.05) is 38.4 Å². The van der Waals surface area contributed by atoms with E-state index in [4.69, 9.17) is 25.5 Å². The van der Waals surface area contributed by atoms with Crippen molar-refractivity contribution in [2.24, 2.45) is 5.73 Å². The minimum atomic E-state index is -4.25. The molecular formula is C32H54N5O8P. The number of carbonyl (C=O) groups excluding carboxylic acids is 1. The molecule has 0 spiro atoms. The molecule has 2 aromatic rings. The molecule has 1 aromatic carbocycles. The maximum atomic E-state index is 12.6. The van der Waals surface area contributed by atoms with Crippen molar-refractivity contribution in [2.45, 2.75) is 103 Å². The molecule has 1 amide bonds. The van der Waals surface area contributed by atoms with E-state index in [-0.39, 0.29) is 24.0 Å². The third-order valence-corrected chi connectivity index (χ3v) is 8.32. The summed E-state index contributed by atoms with van der Waals surface area (Å²) in [5, 5.41) is 12.5. The molecule has 0 aliphatic rings. The van der Waals surface area contributed by atoms with Crippen LogP contribution < -0.4 is 27.0 Å². The number of benzene rings is 1. The fraction of sp³-hybridized carbons (Fsp3) is 0.656. The Kier molecular flexibility index (Phi) is 19.4. The van der Waals surface area contributed by atoms with Gasteiger partial charge in [-0.1, -0.05) is 70.4 Å². The average Bonchev–Trinajstić information content (AvgIpc) is 3.02. The highest BCUT2D eigenvalue weighted by atomic mass is 31.2. The zero-order valence-corrected chi connectivity index (χ0v) is 28.1. The van der Waals surface area contributed by atoms with Gasteiger partial charge >= 0.3 is 13.3 Å². The molecule has 1 aromatic heterocycles. The molecule has 0 saturated heterocycles. The number of carbonyl (C=O) groups is 1. The van der Waals surface area contributed by atoms with Gasteiger partial charge in [-0.15, -0.1) is 0 Å². The quantitative estimate of drug-likeness (QED) is 0.0723. The molecule has 260 valence electrons. The monoisotopic (exact) mass is 667 g/mol. The smallest absolute Gasteiger partial charge is 0.402 e. The van der Waals surface area contributed by atoms with Crippen LogP contribution in [0.1, 0.15) is 83.1 Å². The molecule has 0 bridgehead atoms. The van der Waals surface area contributed by atoms with E-state index in [9.17, 15) is 24.2 Å². The van der Waals surface area contributed by atoms with Crippen LogP contribution in [0.3, 0.4) is 0 Å². The first kappa shape index (κ1) is 39.4. The van der Waals surface area contributed by atoms with Crippen molar-refractivity contribution in [1.29, 1.82) is 0 Å². The van der Waals surface area contributed by atoms with Gasteiger partial charge in [0.25, 0.3) is 0 Å². The summed E-state index contributed by atoms with van der Waals surface area (Å²) in [4.78, 5) is 38.1. The van der Waals surface area contributed by atoms with Crippen LogP contribution in [0.15, 0.2) is 41.3 Å². The Bertz CT molecular complexity index is 1230. The van der Waals surface area contributed by atoms with Gasteiger partial charge in [-0.05, 0) is 49.4 Å². The molecule has 13 nitrogen and oxygen atoms in total. The molecule has 0 radical (unpaired) electrons. The first-order valence-corrected chi connectivity index (χ1v) is 18.2. The highest BCUT2D eigenvalue weighted by Crippen LogP contribution is 2.42. The molecule has 0 aliphatic carbocycles. The Hall–Kier alpha value is -2.80. The Morgan fingerprint density at radius 2 is 1.63 bits per heavy atom. The van der Waals surface area contributed by atoms with Crippen LogP contribution in [-0.2, 0) is 31.8 Å². The first-order valence-electron chi connectivity index (χ1n) is 16.4. The lowest BCUT2D eigenvalue weighted by Crippen LogP contribution is -2.42. The van der Waals surface area contributed by atoms with Crippen LogP contribution in [-0.4, -0.2) is 70.3 Å². The Morgan fingerprint density at radius 3 is 2.26 bits per heavy atom. The Labute approximate surface area is 272 Å². The van der Waals surface area contributed by atoms with Crippen LogP contribution in [0.25, 0.3) is 0 Å². The number of nitrogens with zero attached hydrogens (tertiary/aromatic N) is 2. The molecular weight excluding hydrogens is 613 g/mol. The lowest BCUT2D eigenvalue weighted by atomic mass is 10.1. The van der Waals surface area contributed by atoms with Crippen LogP contribution in [0.4, 0.5) is 5.82 Å². The van der Waals surface area contributed by atoms with E-state index in [1.54, 1.807) is 12.1 Å². The second kappa shape index (κ2) is 22.7. The number of hydrogen-bond donors (Lipinski definition) is 5. The Morgan fingerprint density at radius 1 is 1.00 bits per heavy atom. The highest BCUT2D eigenvalue weighted by Gasteiger charge is 2.24. The maximum Gasteiger partial charge on any atom is 0.402 e. The summed E-state index contributed by atoms with van der Waals surface area (Å²) in [5.74, 6) is -0.0459. The summed E-state index contributed by atoms with van der Waals surface area (Å²) in [6.07, 6.45) is 12.9. The minimum Gasteiger partial charge on any atom is -0.423 e. The molecule has 2 rings (SSSR count). The number of anilines is 1. The zero-order chi connectivity index (χ0) is 33.6. The molecule has 1 heterocycles. The fourth-order valence-corrected chi connectivity index (χ4v) is 5.58. The molecule has 46 heavy (non-hydrogen) atoms. The lowest BCUT2D eigenvalue weighted by molar-refractivity contribution is -0.122. The number of ether oxygens (including phenoxy) is 2. The predicted octanol–water partition coefficient (Wildman–Crippen LogP) is 3.74. The molecule has 0 fully saturated rings. The molecule has 0 saturated carbocycles. The summed E-state index contributed by atoms with van der Waals surface area (Å²) >= 11 is 0. The second-order valence-electron chi connectivity index (χ2n) is 11.5. The topological polar surface area (TPSA) is 201 Å². The standard InChI is InChI=1S/C32H54N5O8P/c1-2-3-4-5-8-11-20-43-21-12-9-6-7-10-18-35-31(39)29(33)22-26-13-15-27(16-14-26)45-46(41,42)25-44-28(24-38)23-37-19-17-30(34)36-32(37)40/h13-17,19,28-29,38H,2-12,18,20-25,33H2,1H3,(H,35,39)(H,41,42)(H2,34,36,40)/t28-,29-/m0/s1. The molecule has 3 atom stereocenters. The van der Waals surface area contributed by atoms with Gasteiger partial charge in [0.15, 0.2) is 6.35 Å². The largest absolute Gasteiger partial charge is 0.423 e. The van der Waals surface area contributed by atoms with E-state index in [0.717, 1.165) is 57.3 Å². The van der Waals surface area contributed by atoms with Crippen molar-refractivity contribution in [3.63, 3.8) is 0 Å². The summed E-state index contributed by atoms with van der Waals surface area (Å²) < 4.78 is 30.0. The first-order chi connectivity index (χ1) is 22.1. The number of amides is 1.